The molecule has 1 aliphatic rings. The summed E-state index contributed by atoms with van der Waals surface area (Å²) in [7, 11) is 0. The first-order valence-corrected chi connectivity index (χ1v) is 10.2. The standard InChI is InChI=1S/C22H27NO6/c1-3-4-9-17(21(25)26)23-19(24)12-28-18-11-10-15-14-7-5-6-8-16(14)22(27)29-20(15)13(18)2/h10-11,17H,3-9,12H2,1-2H3,(H,23,24)(H,25,26)/t17-/m1/s1. The summed E-state index contributed by atoms with van der Waals surface area (Å²) < 4.78 is 11.2. The minimum Gasteiger partial charge on any atom is -0.483 e. The number of fused-ring (bicyclic) bond motifs is 3. The summed E-state index contributed by atoms with van der Waals surface area (Å²) in [4.78, 5) is 35.8. The van der Waals surface area contributed by atoms with E-state index in [4.69, 9.17) is 9.15 Å². The Bertz CT molecular complexity index is 977. The quantitative estimate of drug-likeness (QED) is 0.659. The number of hydrogen-bond acceptors (Lipinski definition) is 5. The number of benzene rings is 1. The lowest BCUT2D eigenvalue weighted by Crippen LogP contribution is -2.42. The van der Waals surface area contributed by atoms with Gasteiger partial charge in [0.2, 0.25) is 0 Å². The Hall–Kier alpha value is -2.83. The number of rotatable bonds is 8. The summed E-state index contributed by atoms with van der Waals surface area (Å²) in [5, 5.41) is 12.6. The first kappa shape index (κ1) is 20.9. The van der Waals surface area contributed by atoms with Crippen molar-refractivity contribution >= 4 is 22.8 Å². The van der Waals surface area contributed by atoms with Gasteiger partial charge in [-0.2, -0.15) is 0 Å². The molecule has 0 spiro atoms. The highest BCUT2D eigenvalue weighted by Crippen LogP contribution is 2.32. The second kappa shape index (κ2) is 9.11. The summed E-state index contributed by atoms with van der Waals surface area (Å²) in [5.74, 6) is -1.12. The molecular formula is C22H27NO6. The van der Waals surface area contributed by atoms with E-state index < -0.39 is 17.9 Å². The smallest absolute Gasteiger partial charge is 0.339 e. The van der Waals surface area contributed by atoms with Gasteiger partial charge in [-0.15, -0.1) is 0 Å². The zero-order chi connectivity index (χ0) is 21.0. The molecule has 0 unspecified atom stereocenters. The molecule has 1 amide bonds. The zero-order valence-electron chi connectivity index (χ0n) is 16.9. The first-order chi connectivity index (χ1) is 13.9. The van der Waals surface area contributed by atoms with Crippen LogP contribution < -0.4 is 15.7 Å². The first-order valence-electron chi connectivity index (χ1n) is 10.2. The topological polar surface area (TPSA) is 106 Å². The van der Waals surface area contributed by atoms with Crippen molar-refractivity contribution in [2.45, 2.75) is 64.8 Å². The van der Waals surface area contributed by atoms with Gasteiger partial charge in [-0.25, -0.2) is 9.59 Å². The Morgan fingerprint density at radius 2 is 1.97 bits per heavy atom. The number of carboxylic acid groups (broad SMARTS) is 1. The lowest BCUT2D eigenvalue weighted by molar-refractivity contribution is -0.142. The van der Waals surface area contributed by atoms with Crippen molar-refractivity contribution in [3.8, 4) is 5.75 Å². The molecular weight excluding hydrogens is 374 g/mol. The Morgan fingerprint density at radius 1 is 1.24 bits per heavy atom. The van der Waals surface area contributed by atoms with E-state index in [2.05, 4.69) is 5.32 Å². The van der Waals surface area contributed by atoms with Crippen LogP contribution in [0.25, 0.3) is 11.0 Å². The van der Waals surface area contributed by atoms with Gasteiger partial charge in [-0.1, -0.05) is 19.8 Å². The third-order valence-electron chi connectivity index (χ3n) is 5.43. The minimum atomic E-state index is -1.06. The molecule has 2 aromatic rings. The van der Waals surface area contributed by atoms with E-state index in [9.17, 15) is 19.5 Å². The number of ether oxygens (including phenoxy) is 1. The third kappa shape index (κ3) is 4.60. The second-order valence-electron chi connectivity index (χ2n) is 7.51. The van der Waals surface area contributed by atoms with E-state index in [1.165, 1.54) is 0 Å². The fourth-order valence-electron chi connectivity index (χ4n) is 3.83. The maximum atomic E-state index is 12.4. The highest BCUT2D eigenvalue weighted by atomic mass is 16.5. The van der Waals surface area contributed by atoms with Crippen LogP contribution in [0.5, 0.6) is 5.75 Å². The van der Waals surface area contributed by atoms with E-state index in [1.54, 1.807) is 13.0 Å². The molecule has 1 aromatic carbocycles. The van der Waals surface area contributed by atoms with Gasteiger partial charge in [0.05, 0.1) is 0 Å². The predicted molar refractivity (Wildman–Crippen MR) is 108 cm³/mol. The average molecular weight is 401 g/mol. The van der Waals surface area contributed by atoms with Crippen LogP contribution in [-0.4, -0.2) is 29.6 Å². The van der Waals surface area contributed by atoms with Crippen LogP contribution in [0.1, 0.15) is 55.7 Å². The molecule has 1 aromatic heterocycles. The summed E-state index contributed by atoms with van der Waals surface area (Å²) >= 11 is 0. The largest absolute Gasteiger partial charge is 0.483 e. The number of carbonyl (C=O) groups excluding carboxylic acids is 1. The van der Waals surface area contributed by atoms with Crippen molar-refractivity contribution in [3.05, 3.63) is 39.2 Å². The molecule has 156 valence electrons. The summed E-state index contributed by atoms with van der Waals surface area (Å²) in [5.41, 5.74) is 2.66. The molecule has 1 aliphatic carbocycles. The van der Waals surface area contributed by atoms with Gasteiger partial charge in [0.1, 0.15) is 17.4 Å². The van der Waals surface area contributed by atoms with Crippen LogP contribution in [0.4, 0.5) is 0 Å². The van der Waals surface area contributed by atoms with Gasteiger partial charge in [0.15, 0.2) is 6.61 Å². The molecule has 0 fully saturated rings. The van der Waals surface area contributed by atoms with Gasteiger partial charge < -0.3 is 19.6 Å². The van der Waals surface area contributed by atoms with Crippen LogP contribution in [0, 0.1) is 6.92 Å². The molecule has 3 rings (SSSR count). The molecule has 0 aliphatic heterocycles. The van der Waals surface area contributed by atoms with Crippen LogP contribution in [-0.2, 0) is 22.4 Å². The van der Waals surface area contributed by atoms with Gasteiger partial charge >= 0.3 is 11.6 Å². The van der Waals surface area contributed by atoms with Crippen molar-refractivity contribution in [2.75, 3.05) is 6.61 Å². The number of aliphatic carboxylic acids is 1. The molecule has 0 radical (unpaired) electrons. The zero-order valence-corrected chi connectivity index (χ0v) is 16.9. The normalized spacial score (nSPS) is 14.3. The van der Waals surface area contributed by atoms with Crippen LogP contribution in [0.3, 0.4) is 0 Å². The average Bonchev–Trinajstić information content (AvgIpc) is 2.71. The Balaban J connectivity index is 1.75. The van der Waals surface area contributed by atoms with Crippen molar-refractivity contribution in [3.63, 3.8) is 0 Å². The maximum Gasteiger partial charge on any atom is 0.339 e. The molecule has 29 heavy (non-hydrogen) atoms. The summed E-state index contributed by atoms with van der Waals surface area (Å²) in [6.45, 7) is 3.44. The highest BCUT2D eigenvalue weighted by molar-refractivity contribution is 5.87. The summed E-state index contributed by atoms with van der Waals surface area (Å²) in [6.07, 6.45) is 5.58. The monoisotopic (exact) mass is 401 g/mol. The Morgan fingerprint density at radius 3 is 2.66 bits per heavy atom. The number of aryl methyl sites for hydroxylation is 2. The molecule has 7 nitrogen and oxygen atoms in total. The fraction of sp³-hybridized carbons (Fsp3) is 0.500. The molecule has 0 saturated carbocycles. The number of unbranched alkanes of at least 4 members (excludes halogenated alkanes) is 1. The van der Waals surface area contributed by atoms with Gasteiger partial charge in [0.25, 0.3) is 5.91 Å². The number of amides is 1. The van der Waals surface area contributed by atoms with Crippen molar-refractivity contribution < 1.29 is 23.8 Å². The molecule has 2 N–H and O–H groups in total. The summed E-state index contributed by atoms with van der Waals surface area (Å²) in [6, 6.07) is 2.71. The Kier molecular flexibility index (Phi) is 6.56. The van der Waals surface area contributed by atoms with E-state index in [-0.39, 0.29) is 12.2 Å². The van der Waals surface area contributed by atoms with Crippen LogP contribution >= 0.6 is 0 Å². The molecule has 0 bridgehead atoms. The number of nitrogens with one attached hydrogen (secondary N) is 1. The maximum absolute atomic E-state index is 12.4. The van der Waals surface area contributed by atoms with Gasteiger partial charge in [-0.3, -0.25) is 4.79 Å². The molecule has 7 heteroatoms. The molecule has 1 heterocycles. The molecule has 0 saturated heterocycles. The van der Waals surface area contributed by atoms with Crippen molar-refractivity contribution in [1.29, 1.82) is 0 Å². The van der Waals surface area contributed by atoms with E-state index in [1.807, 2.05) is 13.0 Å². The molecule has 1 atom stereocenters. The van der Waals surface area contributed by atoms with Crippen molar-refractivity contribution in [1.82, 2.24) is 5.32 Å². The van der Waals surface area contributed by atoms with Gasteiger partial charge in [0, 0.05) is 16.5 Å². The number of carboxylic acids is 1. The number of hydrogen-bond donors (Lipinski definition) is 2. The highest BCUT2D eigenvalue weighted by Gasteiger charge is 2.22. The SMILES string of the molecule is CCCC[C@@H](NC(=O)COc1ccc2c3c(c(=O)oc2c1C)CCCC3)C(=O)O. The van der Waals surface area contributed by atoms with E-state index in [0.717, 1.165) is 48.6 Å². The van der Waals surface area contributed by atoms with Gasteiger partial charge in [-0.05, 0) is 56.7 Å². The van der Waals surface area contributed by atoms with Crippen LogP contribution in [0.2, 0.25) is 0 Å². The predicted octanol–water partition coefficient (Wildman–Crippen LogP) is 3.12. The fourth-order valence-corrected chi connectivity index (χ4v) is 3.83. The Labute approximate surface area is 169 Å². The lowest BCUT2D eigenvalue weighted by atomic mass is 9.90. The lowest BCUT2D eigenvalue weighted by Gasteiger charge is -2.18. The van der Waals surface area contributed by atoms with Crippen LogP contribution in [0.15, 0.2) is 21.3 Å². The minimum absolute atomic E-state index is 0.301. The second-order valence-corrected chi connectivity index (χ2v) is 7.51. The number of carbonyl (C=O) groups is 2. The third-order valence-corrected chi connectivity index (χ3v) is 5.43. The van der Waals surface area contributed by atoms with Crippen molar-refractivity contribution in [2.24, 2.45) is 0 Å². The van der Waals surface area contributed by atoms with E-state index >= 15 is 0 Å². The van der Waals surface area contributed by atoms with E-state index in [0.29, 0.717) is 29.7 Å².